The summed E-state index contributed by atoms with van der Waals surface area (Å²) in [6, 6.07) is 3.26. The van der Waals surface area contributed by atoms with E-state index in [9.17, 15) is 13.9 Å². The van der Waals surface area contributed by atoms with Gasteiger partial charge in [0.15, 0.2) is 11.5 Å². The van der Waals surface area contributed by atoms with E-state index in [1.807, 2.05) is 0 Å². The van der Waals surface area contributed by atoms with Crippen molar-refractivity contribution < 1.29 is 18.6 Å². The molecule has 0 saturated heterocycles. The number of benzene rings is 1. The van der Waals surface area contributed by atoms with Crippen molar-refractivity contribution in [2.45, 2.75) is 20.5 Å². The molecule has 2 nitrogen and oxygen atoms in total. The van der Waals surface area contributed by atoms with Gasteiger partial charge in [0.25, 0.3) is 0 Å². The number of phenolic OH excluding ortho intramolecular Hbond substituents is 1. The summed E-state index contributed by atoms with van der Waals surface area (Å²) in [6.45, 7) is 0.302. The second-order valence-corrected chi connectivity index (χ2v) is 2.76. The Balaban J connectivity index is 3.10. The van der Waals surface area contributed by atoms with Gasteiger partial charge in [-0.2, -0.15) is 8.78 Å². The van der Waals surface area contributed by atoms with Crippen LogP contribution in [0, 0.1) is 13.8 Å². The van der Waals surface area contributed by atoms with Crippen LogP contribution in [0.5, 0.6) is 11.5 Å². The van der Waals surface area contributed by atoms with Crippen LogP contribution < -0.4 is 4.74 Å². The summed E-state index contributed by atoms with van der Waals surface area (Å²) in [5.74, 6) is -0.365. The average molecular weight is 188 g/mol. The molecule has 0 aromatic heterocycles. The number of alkyl halides is 2. The molecule has 1 aromatic carbocycles. The van der Waals surface area contributed by atoms with Crippen molar-refractivity contribution in [1.29, 1.82) is 0 Å². The first-order valence-corrected chi connectivity index (χ1v) is 3.76. The van der Waals surface area contributed by atoms with Gasteiger partial charge in [-0.25, -0.2) is 0 Å². The molecule has 13 heavy (non-hydrogen) atoms. The van der Waals surface area contributed by atoms with Gasteiger partial charge in [0.2, 0.25) is 0 Å². The van der Waals surface area contributed by atoms with Gasteiger partial charge in [0, 0.05) is 0 Å². The zero-order valence-corrected chi connectivity index (χ0v) is 7.34. The first kappa shape index (κ1) is 9.77. The lowest BCUT2D eigenvalue weighted by Crippen LogP contribution is -2.03. The number of hydrogen-bond donors (Lipinski definition) is 1. The Labute approximate surface area is 74.8 Å². The molecule has 0 saturated carbocycles. The molecule has 0 atom stereocenters. The van der Waals surface area contributed by atoms with E-state index >= 15 is 0 Å². The maximum absolute atomic E-state index is 11.9. The number of rotatable bonds is 2. The summed E-state index contributed by atoms with van der Waals surface area (Å²) >= 11 is 0. The van der Waals surface area contributed by atoms with Gasteiger partial charge < -0.3 is 9.84 Å². The van der Waals surface area contributed by atoms with Gasteiger partial charge in [-0.15, -0.1) is 0 Å². The topological polar surface area (TPSA) is 29.5 Å². The molecular weight excluding hydrogens is 178 g/mol. The fourth-order valence-corrected chi connectivity index (χ4v) is 1.01. The van der Waals surface area contributed by atoms with Crippen LogP contribution in [0.3, 0.4) is 0 Å². The highest BCUT2D eigenvalue weighted by molar-refractivity contribution is 5.49. The minimum Gasteiger partial charge on any atom is -0.504 e. The van der Waals surface area contributed by atoms with Crippen LogP contribution in [0.2, 0.25) is 0 Å². The van der Waals surface area contributed by atoms with Gasteiger partial charge >= 0.3 is 6.61 Å². The number of ether oxygens (including phenoxy) is 1. The van der Waals surface area contributed by atoms with Crippen molar-refractivity contribution in [3.05, 3.63) is 23.3 Å². The average Bonchev–Trinajstić information content (AvgIpc) is 2.05. The highest BCUT2D eigenvalue weighted by Gasteiger charge is 2.13. The second-order valence-electron chi connectivity index (χ2n) is 2.76. The van der Waals surface area contributed by atoms with Crippen molar-refractivity contribution >= 4 is 0 Å². The van der Waals surface area contributed by atoms with E-state index in [1.165, 1.54) is 0 Å². The van der Waals surface area contributed by atoms with Crippen molar-refractivity contribution in [1.82, 2.24) is 0 Å². The summed E-state index contributed by atoms with van der Waals surface area (Å²) in [5.41, 5.74) is 1.00. The summed E-state index contributed by atoms with van der Waals surface area (Å²) in [5, 5.41) is 9.37. The number of aromatic hydroxyl groups is 1. The molecule has 0 radical (unpaired) electrons. The van der Waals surface area contributed by atoms with Crippen LogP contribution >= 0.6 is 0 Å². The van der Waals surface area contributed by atoms with Crippen molar-refractivity contribution in [2.75, 3.05) is 0 Å². The van der Waals surface area contributed by atoms with E-state index in [0.29, 0.717) is 11.1 Å². The van der Waals surface area contributed by atoms with E-state index in [0.717, 1.165) is 0 Å². The molecule has 0 spiro atoms. The summed E-state index contributed by atoms with van der Waals surface area (Å²) < 4.78 is 27.9. The number of phenols is 1. The van der Waals surface area contributed by atoms with Crippen LogP contribution in [-0.4, -0.2) is 11.7 Å². The first-order chi connectivity index (χ1) is 6.02. The molecule has 0 unspecified atom stereocenters. The zero-order valence-electron chi connectivity index (χ0n) is 7.34. The standard InChI is InChI=1S/C9H10F2O2/c1-5-3-4-6(2)8(7(5)12)13-9(10)11/h3-4,9,12H,1-2H3. The Morgan fingerprint density at radius 1 is 1.23 bits per heavy atom. The first-order valence-electron chi connectivity index (χ1n) is 3.76. The van der Waals surface area contributed by atoms with E-state index in [1.54, 1.807) is 26.0 Å². The Kier molecular flexibility index (Phi) is 2.70. The Bertz CT molecular complexity index is 311. The molecule has 0 aliphatic carbocycles. The second kappa shape index (κ2) is 3.60. The van der Waals surface area contributed by atoms with Crippen molar-refractivity contribution in [3.8, 4) is 11.5 Å². The maximum atomic E-state index is 11.9. The van der Waals surface area contributed by atoms with Gasteiger partial charge in [-0.05, 0) is 25.0 Å². The molecule has 0 aliphatic rings. The van der Waals surface area contributed by atoms with Gasteiger partial charge in [-0.3, -0.25) is 0 Å². The van der Waals surface area contributed by atoms with E-state index in [-0.39, 0.29) is 11.5 Å². The fourth-order valence-electron chi connectivity index (χ4n) is 1.01. The van der Waals surface area contributed by atoms with E-state index < -0.39 is 6.61 Å². The molecule has 4 heteroatoms. The van der Waals surface area contributed by atoms with Crippen LogP contribution in [0.4, 0.5) is 8.78 Å². The highest BCUT2D eigenvalue weighted by Crippen LogP contribution is 2.33. The molecule has 1 rings (SSSR count). The third-order valence-electron chi connectivity index (χ3n) is 1.74. The number of halogens is 2. The van der Waals surface area contributed by atoms with Crippen molar-refractivity contribution in [2.24, 2.45) is 0 Å². The predicted octanol–water partition coefficient (Wildman–Crippen LogP) is 2.61. The lowest BCUT2D eigenvalue weighted by molar-refractivity contribution is -0.0517. The minimum atomic E-state index is -2.91. The summed E-state index contributed by atoms with van der Waals surface area (Å²) in [4.78, 5) is 0. The number of hydrogen-bond acceptors (Lipinski definition) is 2. The minimum absolute atomic E-state index is 0.144. The van der Waals surface area contributed by atoms with Crippen LogP contribution in [0.15, 0.2) is 12.1 Å². The van der Waals surface area contributed by atoms with Gasteiger partial charge in [-0.1, -0.05) is 12.1 Å². The van der Waals surface area contributed by atoms with Crippen LogP contribution in [0.25, 0.3) is 0 Å². The molecule has 0 aliphatic heterocycles. The molecule has 0 fully saturated rings. The molecule has 0 bridgehead atoms. The third kappa shape index (κ3) is 2.08. The lowest BCUT2D eigenvalue weighted by Gasteiger charge is -2.10. The lowest BCUT2D eigenvalue weighted by atomic mass is 10.1. The summed E-state index contributed by atoms with van der Waals surface area (Å²) in [6.07, 6.45) is 0. The largest absolute Gasteiger partial charge is 0.504 e. The highest BCUT2D eigenvalue weighted by atomic mass is 19.3. The molecule has 0 amide bonds. The van der Waals surface area contributed by atoms with Crippen molar-refractivity contribution in [3.63, 3.8) is 0 Å². The number of aryl methyl sites for hydroxylation is 2. The van der Waals surface area contributed by atoms with Crippen LogP contribution in [-0.2, 0) is 0 Å². The van der Waals surface area contributed by atoms with E-state index in [2.05, 4.69) is 4.74 Å². The fraction of sp³-hybridized carbons (Fsp3) is 0.333. The monoisotopic (exact) mass is 188 g/mol. The van der Waals surface area contributed by atoms with Gasteiger partial charge in [0.1, 0.15) is 0 Å². The zero-order chi connectivity index (χ0) is 10.0. The van der Waals surface area contributed by atoms with Gasteiger partial charge in [0.05, 0.1) is 0 Å². The molecule has 72 valence electrons. The Morgan fingerprint density at radius 2 is 1.77 bits per heavy atom. The molecule has 1 aromatic rings. The smallest absolute Gasteiger partial charge is 0.387 e. The SMILES string of the molecule is Cc1ccc(C)c(OC(F)F)c1O. The summed E-state index contributed by atoms with van der Waals surface area (Å²) in [7, 11) is 0. The normalized spacial score (nSPS) is 10.5. The quantitative estimate of drug-likeness (QED) is 0.772. The maximum Gasteiger partial charge on any atom is 0.387 e. The van der Waals surface area contributed by atoms with Crippen LogP contribution in [0.1, 0.15) is 11.1 Å². The third-order valence-corrected chi connectivity index (χ3v) is 1.74. The Morgan fingerprint density at radius 3 is 2.31 bits per heavy atom. The Hall–Kier alpha value is -1.32. The molecule has 0 heterocycles. The molecule has 1 N–H and O–H groups in total. The predicted molar refractivity (Wildman–Crippen MR) is 44.2 cm³/mol. The van der Waals surface area contributed by atoms with E-state index in [4.69, 9.17) is 0 Å². The molecular formula is C9H10F2O2.